The van der Waals surface area contributed by atoms with Crippen molar-refractivity contribution in [3.05, 3.63) is 45.8 Å². The molecule has 0 radical (unpaired) electrons. The van der Waals surface area contributed by atoms with Crippen molar-refractivity contribution in [1.29, 1.82) is 0 Å². The number of anilines is 1. The minimum Gasteiger partial charge on any atom is -0.495 e. The predicted octanol–water partition coefficient (Wildman–Crippen LogP) is 4.22. The molecule has 10 nitrogen and oxygen atoms in total. The molecule has 4 rings (SSSR count). The summed E-state index contributed by atoms with van der Waals surface area (Å²) in [6, 6.07) is 8.01. The number of thiophene rings is 1. The van der Waals surface area contributed by atoms with Gasteiger partial charge in [-0.2, -0.15) is 0 Å². The van der Waals surface area contributed by atoms with Crippen molar-refractivity contribution in [2.75, 3.05) is 19.0 Å². The SMILES string of the molecule is COc1ccc([N+](=O)[O-])cc1NC(=O)[C@@H](C)Sc1nnc(-c2cccs2)n1C[C@@H]1CCCO1. The molecule has 1 saturated heterocycles. The second-order valence-electron chi connectivity index (χ2n) is 7.42. The molecule has 1 N–H and O–H groups in total. The van der Waals surface area contributed by atoms with Gasteiger partial charge in [0.25, 0.3) is 5.69 Å². The van der Waals surface area contributed by atoms with E-state index in [4.69, 9.17) is 9.47 Å². The van der Waals surface area contributed by atoms with Crippen molar-refractivity contribution in [1.82, 2.24) is 14.8 Å². The summed E-state index contributed by atoms with van der Waals surface area (Å²) in [4.78, 5) is 24.5. The summed E-state index contributed by atoms with van der Waals surface area (Å²) < 4.78 is 13.0. The number of hydrogen-bond acceptors (Lipinski definition) is 9. The number of nitro groups is 1. The highest BCUT2D eigenvalue weighted by Crippen LogP contribution is 2.33. The summed E-state index contributed by atoms with van der Waals surface area (Å²) in [6.45, 7) is 3.10. The van der Waals surface area contributed by atoms with Crippen molar-refractivity contribution in [2.24, 2.45) is 0 Å². The first-order valence-electron chi connectivity index (χ1n) is 10.3. The summed E-state index contributed by atoms with van der Waals surface area (Å²) in [5, 5.41) is 24.6. The van der Waals surface area contributed by atoms with Gasteiger partial charge in [0.05, 0.1) is 40.5 Å². The van der Waals surface area contributed by atoms with Gasteiger partial charge < -0.3 is 14.8 Å². The normalized spacial score (nSPS) is 16.5. The Balaban J connectivity index is 1.53. The number of benzene rings is 1. The number of carbonyl (C=O) groups is 1. The van der Waals surface area contributed by atoms with E-state index in [9.17, 15) is 14.9 Å². The Kier molecular flexibility index (Phi) is 7.26. The highest BCUT2D eigenvalue weighted by Gasteiger charge is 2.25. The van der Waals surface area contributed by atoms with Gasteiger partial charge in [0.1, 0.15) is 5.75 Å². The fourth-order valence-electron chi connectivity index (χ4n) is 3.47. The van der Waals surface area contributed by atoms with E-state index in [1.165, 1.54) is 37.1 Å². The van der Waals surface area contributed by atoms with E-state index < -0.39 is 10.2 Å². The Labute approximate surface area is 198 Å². The maximum Gasteiger partial charge on any atom is 0.271 e. The van der Waals surface area contributed by atoms with Crippen molar-refractivity contribution >= 4 is 40.4 Å². The number of aromatic nitrogens is 3. The highest BCUT2D eigenvalue weighted by atomic mass is 32.2. The molecule has 0 aliphatic carbocycles. The topological polar surface area (TPSA) is 121 Å². The van der Waals surface area contributed by atoms with Gasteiger partial charge in [-0.25, -0.2) is 0 Å². The number of carbonyl (C=O) groups excluding carboxylic acids is 1. The molecule has 0 bridgehead atoms. The van der Waals surface area contributed by atoms with E-state index in [1.807, 2.05) is 22.1 Å². The lowest BCUT2D eigenvalue weighted by atomic mass is 10.2. The molecule has 1 aromatic carbocycles. The van der Waals surface area contributed by atoms with E-state index in [-0.39, 0.29) is 23.4 Å². The van der Waals surface area contributed by atoms with Crippen LogP contribution in [0.4, 0.5) is 11.4 Å². The standard InChI is InChI=1S/C21H23N5O5S2/c1-13(20(27)22-16-11-14(26(28)29)7-8-17(16)30-2)33-21-24-23-19(18-6-4-10-32-18)25(21)12-15-5-3-9-31-15/h4,6-8,10-11,13,15H,3,5,9,12H2,1-2H3,(H,22,27)/t13-,15+/m1/s1. The molecule has 33 heavy (non-hydrogen) atoms. The molecule has 12 heteroatoms. The summed E-state index contributed by atoms with van der Waals surface area (Å²) in [6.07, 6.45) is 2.07. The molecule has 3 aromatic rings. The maximum absolute atomic E-state index is 12.9. The Hall–Kier alpha value is -2.96. The molecule has 1 aliphatic rings. The molecule has 174 valence electrons. The van der Waals surface area contributed by atoms with E-state index in [1.54, 1.807) is 18.3 Å². The summed E-state index contributed by atoms with van der Waals surface area (Å²) in [5.41, 5.74) is 0.104. The fraction of sp³-hybridized carbons (Fsp3) is 0.381. The third-order valence-electron chi connectivity index (χ3n) is 5.17. The van der Waals surface area contributed by atoms with Crippen LogP contribution < -0.4 is 10.1 Å². The maximum atomic E-state index is 12.9. The Morgan fingerprint density at radius 2 is 2.30 bits per heavy atom. The summed E-state index contributed by atoms with van der Waals surface area (Å²) in [7, 11) is 1.44. The number of rotatable bonds is 9. The molecule has 2 atom stereocenters. The van der Waals surface area contributed by atoms with Gasteiger partial charge in [0.2, 0.25) is 5.91 Å². The van der Waals surface area contributed by atoms with Crippen LogP contribution in [0.5, 0.6) is 5.75 Å². The van der Waals surface area contributed by atoms with Gasteiger partial charge in [-0.1, -0.05) is 17.8 Å². The van der Waals surface area contributed by atoms with Crippen molar-refractivity contribution in [3.63, 3.8) is 0 Å². The number of ether oxygens (including phenoxy) is 2. The lowest BCUT2D eigenvalue weighted by Crippen LogP contribution is -2.24. The van der Waals surface area contributed by atoms with Crippen LogP contribution in [0, 0.1) is 10.1 Å². The first kappa shape index (κ1) is 23.2. The number of nitrogens with one attached hydrogen (secondary N) is 1. The molecule has 1 aliphatic heterocycles. The average molecular weight is 490 g/mol. The highest BCUT2D eigenvalue weighted by molar-refractivity contribution is 8.00. The van der Waals surface area contributed by atoms with Gasteiger partial charge in [-0.3, -0.25) is 19.5 Å². The molecule has 0 spiro atoms. The molecule has 1 fully saturated rings. The number of nitro benzene ring substituents is 1. The van der Waals surface area contributed by atoms with Crippen molar-refractivity contribution in [3.8, 4) is 16.5 Å². The fourth-order valence-corrected chi connectivity index (χ4v) is 5.05. The number of methoxy groups -OCH3 is 1. The van der Waals surface area contributed by atoms with Crippen molar-refractivity contribution in [2.45, 2.75) is 42.8 Å². The second kappa shape index (κ2) is 10.3. The molecule has 2 aromatic heterocycles. The van der Waals surface area contributed by atoms with E-state index in [2.05, 4.69) is 15.5 Å². The van der Waals surface area contributed by atoms with Crippen LogP contribution in [0.3, 0.4) is 0 Å². The van der Waals surface area contributed by atoms with Crippen LogP contribution in [0.2, 0.25) is 0 Å². The van der Waals surface area contributed by atoms with E-state index >= 15 is 0 Å². The molecule has 0 saturated carbocycles. The van der Waals surface area contributed by atoms with Crippen LogP contribution in [-0.2, 0) is 16.1 Å². The predicted molar refractivity (Wildman–Crippen MR) is 126 cm³/mol. The lowest BCUT2D eigenvalue weighted by molar-refractivity contribution is -0.384. The largest absolute Gasteiger partial charge is 0.495 e. The van der Waals surface area contributed by atoms with Gasteiger partial charge in [0.15, 0.2) is 11.0 Å². The lowest BCUT2D eigenvalue weighted by Gasteiger charge is -2.16. The number of thioether (sulfide) groups is 1. The molecule has 1 amide bonds. The average Bonchev–Trinajstić information content (AvgIpc) is 3.57. The zero-order valence-electron chi connectivity index (χ0n) is 18.1. The Morgan fingerprint density at radius 1 is 1.45 bits per heavy atom. The number of hydrogen-bond donors (Lipinski definition) is 1. The number of non-ortho nitro benzene ring substituents is 1. The number of amides is 1. The van der Waals surface area contributed by atoms with Gasteiger partial charge in [-0.15, -0.1) is 21.5 Å². The minimum absolute atomic E-state index is 0.0809. The van der Waals surface area contributed by atoms with Gasteiger partial charge in [0, 0.05) is 18.7 Å². The zero-order valence-corrected chi connectivity index (χ0v) is 19.7. The minimum atomic E-state index is -0.544. The van der Waals surface area contributed by atoms with Gasteiger partial charge in [-0.05, 0) is 37.3 Å². The van der Waals surface area contributed by atoms with Crippen LogP contribution >= 0.6 is 23.1 Å². The Bertz CT molecular complexity index is 1130. The first-order chi connectivity index (χ1) is 16.0. The molecular weight excluding hydrogens is 466 g/mol. The van der Waals surface area contributed by atoms with Crippen molar-refractivity contribution < 1.29 is 19.2 Å². The molecule has 0 unspecified atom stereocenters. The summed E-state index contributed by atoms with van der Waals surface area (Å²) in [5.74, 6) is 0.756. The third-order valence-corrected chi connectivity index (χ3v) is 7.12. The van der Waals surface area contributed by atoms with E-state index in [0.29, 0.717) is 17.5 Å². The monoisotopic (exact) mass is 489 g/mol. The molecular formula is C21H23N5O5S2. The summed E-state index contributed by atoms with van der Waals surface area (Å²) >= 11 is 2.85. The quantitative estimate of drug-likeness (QED) is 0.269. The van der Waals surface area contributed by atoms with E-state index in [0.717, 1.165) is 30.2 Å². The second-order valence-corrected chi connectivity index (χ2v) is 9.68. The molecule has 3 heterocycles. The van der Waals surface area contributed by atoms with Crippen LogP contribution in [0.1, 0.15) is 19.8 Å². The van der Waals surface area contributed by atoms with Crippen LogP contribution in [0.15, 0.2) is 40.9 Å². The van der Waals surface area contributed by atoms with Crippen LogP contribution in [-0.4, -0.2) is 50.7 Å². The third kappa shape index (κ3) is 5.34. The van der Waals surface area contributed by atoms with Crippen LogP contribution in [0.25, 0.3) is 10.7 Å². The number of nitrogens with zero attached hydrogens (tertiary/aromatic N) is 4. The smallest absolute Gasteiger partial charge is 0.271 e. The van der Waals surface area contributed by atoms with Gasteiger partial charge >= 0.3 is 0 Å². The zero-order chi connectivity index (χ0) is 23.4. The Morgan fingerprint density at radius 3 is 2.97 bits per heavy atom. The first-order valence-corrected chi connectivity index (χ1v) is 12.1.